The maximum atomic E-state index is 13.9. The Bertz CT molecular complexity index is 625. The van der Waals surface area contributed by atoms with Crippen LogP contribution in [-0.2, 0) is 6.42 Å². The average Bonchev–Trinajstić information content (AvgIpc) is 2.42. The Kier molecular flexibility index (Phi) is 3.03. The summed E-state index contributed by atoms with van der Waals surface area (Å²) in [5.41, 5.74) is 2.17. The molecule has 1 heterocycles. The Morgan fingerprint density at radius 3 is 2.47 bits per heavy atom. The zero-order valence-electron chi connectivity index (χ0n) is 10.1. The lowest BCUT2D eigenvalue weighted by atomic mass is 9.89. The van der Waals surface area contributed by atoms with Crippen molar-refractivity contribution in [1.29, 1.82) is 0 Å². The van der Waals surface area contributed by atoms with Gasteiger partial charge in [0, 0.05) is 18.2 Å². The molecule has 0 bridgehead atoms. The minimum Gasteiger partial charge on any atom is -0.306 e. The first kappa shape index (κ1) is 12.2. The molecule has 4 heteroatoms. The number of benzene rings is 2. The van der Waals surface area contributed by atoms with E-state index in [1.807, 2.05) is 24.3 Å². The Balaban J connectivity index is 2.11. The number of halogens is 3. The molecule has 0 aliphatic carbocycles. The second kappa shape index (κ2) is 4.70. The van der Waals surface area contributed by atoms with Gasteiger partial charge < -0.3 is 5.32 Å². The molecule has 19 heavy (non-hydrogen) atoms. The first-order valence-corrected chi connectivity index (χ1v) is 6.12. The van der Waals surface area contributed by atoms with Gasteiger partial charge in [-0.3, -0.25) is 0 Å². The van der Waals surface area contributed by atoms with Gasteiger partial charge in [-0.05, 0) is 23.6 Å². The monoisotopic (exact) mass is 263 g/mol. The molecule has 1 N–H and O–H groups in total. The Hall–Kier alpha value is -1.81. The lowest BCUT2D eigenvalue weighted by Crippen LogP contribution is -2.31. The number of hydrogen-bond donors (Lipinski definition) is 1. The summed E-state index contributed by atoms with van der Waals surface area (Å²) in [5, 5.41) is 3.15. The molecule has 0 spiro atoms. The third kappa shape index (κ3) is 2.12. The number of hydrogen-bond acceptors (Lipinski definition) is 1. The highest BCUT2D eigenvalue weighted by Crippen LogP contribution is 2.30. The molecule has 98 valence electrons. The normalized spacial score (nSPS) is 18.2. The van der Waals surface area contributed by atoms with Crippen LogP contribution in [0.5, 0.6) is 0 Å². The molecule has 0 aromatic heterocycles. The summed E-state index contributed by atoms with van der Waals surface area (Å²) in [6.45, 7) is 0.681. The molecule has 0 fully saturated rings. The van der Waals surface area contributed by atoms with Crippen molar-refractivity contribution in [2.75, 3.05) is 6.54 Å². The van der Waals surface area contributed by atoms with E-state index in [1.54, 1.807) is 0 Å². The maximum Gasteiger partial charge on any atom is 0.161 e. The molecular formula is C15H12F3N. The first-order valence-electron chi connectivity index (χ1n) is 6.12. The fourth-order valence-corrected chi connectivity index (χ4v) is 2.54. The minimum absolute atomic E-state index is 0.144. The van der Waals surface area contributed by atoms with E-state index in [4.69, 9.17) is 0 Å². The van der Waals surface area contributed by atoms with Crippen LogP contribution in [-0.4, -0.2) is 6.54 Å². The quantitative estimate of drug-likeness (QED) is 0.778. The second-order valence-corrected chi connectivity index (χ2v) is 4.62. The standard InChI is InChI=1S/C15H12F3N/c16-12-8-14(18)13(17)7-11(12)15-10-4-2-1-3-9(10)5-6-19-15/h1-4,7-8,15,19H,5-6H2. The van der Waals surface area contributed by atoms with Crippen LogP contribution in [0.15, 0.2) is 36.4 Å². The van der Waals surface area contributed by atoms with Crippen molar-refractivity contribution in [3.05, 3.63) is 70.5 Å². The molecular weight excluding hydrogens is 251 g/mol. The molecule has 1 unspecified atom stereocenters. The largest absolute Gasteiger partial charge is 0.306 e. The molecule has 0 saturated heterocycles. The van der Waals surface area contributed by atoms with E-state index in [2.05, 4.69) is 5.32 Å². The average molecular weight is 263 g/mol. The summed E-state index contributed by atoms with van der Waals surface area (Å²) in [5.74, 6) is -2.92. The molecule has 1 nitrogen and oxygen atoms in total. The van der Waals surface area contributed by atoms with Gasteiger partial charge in [0.1, 0.15) is 5.82 Å². The molecule has 3 rings (SSSR count). The van der Waals surface area contributed by atoms with Gasteiger partial charge in [0.2, 0.25) is 0 Å². The van der Waals surface area contributed by atoms with Crippen LogP contribution in [0.2, 0.25) is 0 Å². The van der Waals surface area contributed by atoms with Crippen molar-refractivity contribution in [2.45, 2.75) is 12.5 Å². The molecule has 1 aliphatic rings. The first-order chi connectivity index (χ1) is 9.16. The molecule has 0 saturated carbocycles. The van der Waals surface area contributed by atoms with E-state index >= 15 is 0 Å². The molecule has 1 atom stereocenters. The summed E-state index contributed by atoms with van der Waals surface area (Å²) < 4.78 is 40.2. The van der Waals surface area contributed by atoms with Crippen molar-refractivity contribution >= 4 is 0 Å². The van der Waals surface area contributed by atoms with Gasteiger partial charge in [-0.25, -0.2) is 13.2 Å². The van der Waals surface area contributed by atoms with Crippen molar-refractivity contribution < 1.29 is 13.2 Å². The van der Waals surface area contributed by atoms with Gasteiger partial charge in [-0.1, -0.05) is 24.3 Å². The number of rotatable bonds is 1. The molecule has 2 aromatic carbocycles. The molecule has 0 amide bonds. The van der Waals surface area contributed by atoms with Gasteiger partial charge in [0.25, 0.3) is 0 Å². The zero-order valence-corrected chi connectivity index (χ0v) is 10.1. The fraction of sp³-hybridized carbons (Fsp3) is 0.200. The van der Waals surface area contributed by atoms with E-state index < -0.39 is 23.5 Å². The van der Waals surface area contributed by atoms with Crippen molar-refractivity contribution in [2.24, 2.45) is 0 Å². The van der Waals surface area contributed by atoms with Crippen molar-refractivity contribution in [1.82, 2.24) is 5.32 Å². The van der Waals surface area contributed by atoms with Crippen LogP contribution >= 0.6 is 0 Å². The van der Waals surface area contributed by atoms with Crippen LogP contribution in [0, 0.1) is 17.5 Å². The summed E-state index contributed by atoms with van der Waals surface area (Å²) in [6, 6.07) is 8.74. The number of nitrogens with one attached hydrogen (secondary N) is 1. The van der Waals surface area contributed by atoms with Crippen molar-refractivity contribution in [3.8, 4) is 0 Å². The SMILES string of the molecule is Fc1cc(F)c(C2NCCc3ccccc32)cc1F. The van der Waals surface area contributed by atoms with Gasteiger partial charge >= 0.3 is 0 Å². The highest BCUT2D eigenvalue weighted by Gasteiger charge is 2.24. The van der Waals surface area contributed by atoms with Crippen LogP contribution in [0.3, 0.4) is 0 Å². The summed E-state index contributed by atoms with van der Waals surface area (Å²) in [6.07, 6.45) is 0.845. The Labute approximate surface area is 109 Å². The predicted molar refractivity (Wildman–Crippen MR) is 66.3 cm³/mol. The third-order valence-corrected chi connectivity index (χ3v) is 3.46. The summed E-state index contributed by atoms with van der Waals surface area (Å²) in [4.78, 5) is 0. The smallest absolute Gasteiger partial charge is 0.161 e. The lowest BCUT2D eigenvalue weighted by molar-refractivity contribution is 0.475. The van der Waals surface area contributed by atoms with Crippen LogP contribution in [0.1, 0.15) is 22.7 Å². The lowest BCUT2D eigenvalue weighted by Gasteiger charge is -2.27. The van der Waals surface area contributed by atoms with Gasteiger partial charge in [-0.2, -0.15) is 0 Å². The maximum absolute atomic E-state index is 13.9. The van der Waals surface area contributed by atoms with Crippen molar-refractivity contribution in [3.63, 3.8) is 0 Å². The van der Waals surface area contributed by atoms with Crippen LogP contribution in [0.25, 0.3) is 0 Å². The van der Waals surface area contributed by atoms with E-state index in [1.165, 1.54) is 0 Å². The van der Waals surface area contributed by atoms with E-state index in [0.717, 1.165) is 23.6 Å². The Morgan fingerprint density at radius 1 is 0.895 bits per heavy atom. The van der Waals surface area contributed by atoms with Gasteiger partial charge in [0.15, 0.2) is 11.6 Å². The van der Waals surface area contributed by atoms with Crippen LogP contribution < -0.4 is 5.32 Å². The minimum atomic E-state index is -1.16. The van der Waals surface area contributed by atoms with E-state index in [-0.39, 0.29) is 5.56 Å². The zero-order chi connectivity index (χ0) is 13.4. The highest BCUT2D eigenvalue weighted by molar-refractivity contribution is 5.40. The summed E-state index contributed by atoms with van der Waals surface area (Å²) >= 11 is 0. The molecule has 0 radical (unpaired) electrons. The van der Waals surface area contributed by atoms with E-state index in [9.17, 15) is 13.2 Å². The Morgan fingerprint density at radius 2 is 1.63 bits per heavy atom. The molecule has 2 aromatic rings. The summed E-state index contributed by atoms with van der Waals surface area (Å²) in [7, 11) is 0. The third-order valence-electron chi connectivity index (χ3n) is 3.46. The van der Waals surface area contributed by atoms with Crippen LogP contribution in [0.4, 0.5) is 13.2 Å². The molecule has 1 aliphatic heterocycles. The fourth-order valence-electron chi connectivity index (χ4n) is 2.54. The van der Waals surface area contributed by atoms with E-state index in [0.29, 0.717) is 12.6 Å². The van der Waals surface area contributed by atoms with Gasteiger partial charge in [0.05, 0.1) is 6.04 Å². The number of fused-ring (bicyclic) bond motifs is 1. The topological polar surface area (TPSA) is 12.0 Å². The second-order valence-electron chi connectivity index (χ2n) is 4.62. The van der Waals surface area contributed by atoms with Gasteiger partial charge in [-0.15, -0.1) is 0 Å². The highest BCUT2D eigenvalue weighted by atomic mass is 19.2. The predicted octanol–water partition coefficient (Wildman–Crippen LogP) is 3.34.